The van der Waals surface area contributed by atoms with E-state index in [1.165, 1.54) is 4.90 Å². The number of benzene rings is 2. The molecule has 1 aliphatic heterocycles. The van der Waals surface area contributed by atoms with Crippen molar-refractivity contribution in [2.45, 2.75) is 6.92 Å². The van der Waals surface area contributed by atoms with E-state index in [0.717, 1.165) is 0 Å². The fraction of sp³-hybridized carbons (Fsp3) is 0.125. The molecule has 1 heterocycles. The van der Waals surface area contributed by atoms with Crippen molar-refractivity contribution >= 4 is 28.4 Å². The van der Waals surface area contributed by atoms with Crippen molar-refractivity contribution in [2.75, 3.05) is 11.3 Å². The summed E-state index contributed by atoms with van der Waals surface area (Å²) in [6, 6.07) is 15.6. The van der Waals surface area contributed by atoms with Gasteiger partial charge in [0.15, 0.2) is 0 Å². The number of para-hydroxylation sites is 1. The Morgan fingerprint density at radius 3 is 1.78 bits per heavy atom. The molecule has 0 bridgehead atoms. The zero-order chi connectivity index (χ0) is 16.8. The first kappa shape index (κ1) is 16.7. The number of amides is 2. The highest BCUT2D eigenvalue weighted by atomic mass is 32.2. The van der Waals surface area contributed by atoms with Gasteiger partial charge in [0, 0.05) is 12.2 Å². The maximum absolute atomic E-state index is 11.5. The second kappa shape index (κ2) is 7.55. The van der Waals surface area contributed by atoms with E-state index in [1.54, 1.807) is 55.5 Å². The molecule has 0 saturated carbocycles. The van der Waals surface area contributed by atoms with E-state index in [4.69, 9.17) is 0 Å². The SMILES string of the molecule is CCN1C(=O)c2ccccc2C1=O.O=[SH](=O)Nc1ccccc1. The number of carbonyl (C=O) groups is 2. The molecule has 2 aromatic rings. The van der Waals surface area contributed by atoms with Crippen molar-refractivity contribution in [2.24, 2.45) is 0 Å². The van der Waals surface area contributed by atoms with E-state index < -0.39 is 10.9 Å². The molecule has 0 aromatic heterocycles. The summed E-state index contributed by atoms with van der Waals surface area (Å²) in [5.41, 5.74) is 1.64. The van der Waals surface area contributed by atoms with Crippen LogP contribution in [0.1, 0.15) is 27.6 Å². The molecule has 120 valence electrons. The lowest BCUT2D eigenvalue weighted by Crippen LogP contribution is -2.29. The van der Waals surface area contributed by atoms with E-state index in [-0.39, 0.29) is 11.8 Å². The molecule has 0 unspecified atom stereocenters. The van der Waals surface area contributed by atoms with Crippen LogP contribution in [0.4, 0.5) is 5.69 Å². The van der Waals surface area contributed by atoms with Gasteiger partial charge in [-0.15, -0.1) is 0 Å². The molecule has 0 fully saturated rings. The van der Waals surface area contributed by atoms with E-state index in [9.17, 15) is 18.0 Å². The maximum atomic E-state index is 11.5. The topological polar surface area (TPSA) is 83.6 Å². The van der Waals surface area contributed by atoms with E-state index in [0.29, 0.717) is 23.4 Å². The second-order valence-electron chi connectivity index (χ2n) is 4.64. The summed E-state index contributed by atoms with van der Waals surface area (Å²) in [6.07, 6.45) is 0. The Morgan fingerprint density at radius 1 is 0.870 bits per heavy atom. The molecular weight excluding hydrogens is 316 g/mol. The summed E-state index contributed by atoms with van der Waals surface area (Å²) in [6.45, 7) is 2.23. The molecule has 7 heteroatoms. The predicted molar refractivity (Wildman–Crippen MR) is 87.9 cm³/mol. The number of fused-ring (bicyclic) bond motifs is 1. The molecule has 1 N–H and O–H groups in total. The average molecular weight is 332 g/mol. The fourth-order valence-electron chi connectivity index (χ4n) is 2.14. The van der Waals surface area contributed by atoms with Gasteiger partial charge in [-0.3, -0.25) is 19.2 Å². The minimum Gasteiger partial charge on any atom is -0.286 e. The molecule has 0 saturated heterocycles. The Balaban J connectivity index is 0.000000174. The number of imide groups is 1. The van der Waals surface area contributed by atoms with Crippen LogP contribution in [-0.2, 0) is 10.9 Å². The Hall–Kier alpha value is -2.67. The van der Waals surface area contributed by atoms with Gasteiger partial charge in [-0.25, -0.2) is 8.42 Å². The first-order valence-electron chi connectivity index (χ1n) is 6.96. The maximum Gasteiger partial charge on any atom is 0.261 e. The predicted octanol–water partition coefficient (Wildman–Crippen LogP) is 1.93. The van der Waals surface area contributed by atoms with E-state index in [1.807, 2.05) is 6.07 Å². The monoisotopic (exact) mass is 332 g/mol. The molecule has 6 nitrogen and oxygen atoms in total. The van der Waals surface area contributed by atoms with Gasteiger partial charge in [0.1, 0.15) is 0 Å². The molecule has 3 rings (SSSR count). The Kier molecular flexibility index (Phi) is 5.48. The van der Waals surface area contributed by atoms with Crippen LogP contribution in [0.2, 0.25) is 0 Å². The zero-order valence-corrected chi connectivity index (χ0v) is 13.3. The van der Waals surface area contributed by atoms with Gasteiger partial charge in [0.25, 0.3) is 11.8 Å². The van der Waals surface area contributed by atoms with Crippen molar-refractivity contribution in [3.63, 3.8) is 0 Å². The van der Waals surface area contributed by atoms with Gasteiger partial charge in [0.05, 0.1) is 11.1 Å². The van der Waals surface area contributed by atoms with Crippen LogP contribution < -0.4 is 4.72 Å². The van der Waals surface area contributed by atoms with Gasteiger partial charge in [-0.1, -0.05) is 30.3 Å². The standard InChI is InChI=1S/C10H9NO2.C6H7NO2S/c1-2-11-9(12)7-5-3-4-6-8(7)10(11)13;8-10(9)7-6-4-2-1-3-5-6/h3-6H,2H2,1H3;1-5,10H,(H,7,8,9). The van der Waals surface area contributed by atoms with Crippen LogP contribution >= 0.6 is 0 Å². The summed E-state index contributed by atoms with van der Waals surface area (Å²) in [4.78, 5) is 24.3. The molecular formula is C16H16N2O4S. The van der Waals surface area contributed by atoms with Gasteiger partial charge in [0.2, 0.25) is 10.9 Å². The van der Waals surface area contributed by atoms with Crippen molar-refractivity contribution in [1.82, 2.24) is 4.90 Å². The summed E-state index contributed by atoms with van der Waals surface area (Å²) in [7, 11) is -2.53. The molecule has 23 heavy (non-hydrogen) atoms. The third-order valence-electron chi connectivity index (χ3n) is 3.19. The second-order valence-corrected chi connectivity index (χ2v) is 5.37. The van der Waals surface area contributed by atoms with Crippen molar-refractivity contribution in [3.8, 4) is 0 Å². The fourth-order valence-corrected chi connectivity index (χ4v) is 2.50. The summed E-state index contributed by atoms with van der Waals surface area (Å²) >= 11 is 0. The van der Waals surface area contributed by atoms with Crippen LogP contribution in [0.25, 0.3) is 0 Å². The molecule has 0 atom stereocenters. The molecule has 2 aromatic carbocycles. The first-order chi connectivity index (χ1) is 11.0. The Bertz CT molecular complexity index is 745. The van der Waals surface area contributed by atoms with Crippen molar-refractivity contribution in [3.05, 3.63) is 65.7 Å². The van der Waals surface area contributed by atoms with Crippen LogP contribution in [0, 0.1) is 0 Å². The molecule has 2 amide bonds. The molecule has 0 radical (unpaired) electrons. The van der Waals surface area contributed by atoms with Gasteiger partial charge in [-0.2, -0.15) is 0 Å². The number of hydrogen-bond donors (Lipinski definition) is 2. The van der Waals surface area contributed by atoms with Crippen LogP contribution in [-0.4, -0.2) is 31.7 Å². The summed E-state index contributed by atoms with van der Waals surface area (Å²) in [5, 5.41) is 0. The molecule has 1 aliphatic rings. The van der Waals surface area contributed by atoms with Crippen LogP contribution in [0.3, 0.4) is 0 Å². The third kappa shape index (κ3) is 3.95. The summed E-state index contributed by atoms with van der Waals surface area (Å²) in [5.74, 6) is -0.355. The third-order valence-corrected chi connectivity index (χ3v) is 3.63. The van der Waals surface area contributed by atoms with E-state index >= 15 is 0 Å². The smallest absolute Gasteiger partial charge is 0.261 e. The van der Waals surface area contributed by atoms with Gasteiger partial charge < -0.3 is 0 Å². The first-order valence-corrected chi connectivity index (χ1v) is 8.13. The number of carbonyl (C=O) groups excluding carboxylic acids is 2. The highest BCUT2D eigenvalue weighted by molar-refractivity contribution is 7.73. The van der Waals surface area contributed by atoms with Crippen molar-refractivity contribution < 1.29 is 18.0 Å². The number of nitrogens with zero attached hydrogens (tertiary/aromatic N) is 1. The van der Waals surface area contributed by atoms with Crippen LogP contribution in [0.5, 0.6) is 0 Å². The highest BCUT2D eigenvalue weighted by Gasteiger charge is 2.33. The highest BCUT2D eigenvalue weighted by Crippen LogP contribution is 2.21. The lowest BCUT2D eigenvalue weighted by Gasteiger charge is -2.08. The Labute approximate surface area is 135 Å². The number of anilines is 1. The zero-order valence-electron chi connectivity index (χ0n) is 12.4. The lowest BCUT2D eigenvalue weighted by molar-refractivity contribution is 0.0663. The quantitative estimate of drug-likeness (QED) is 0.664. The van der Waals surface area contributed by atoms with Crippen LogP contribution in [0.15, 0.2) is 54.6 Å². The minimum absolute atomic E-state index is 0.178. The summed E-state index contributed by atoms with van der Waals surface area (Å²) < 4.78 is 22.4. The van der Waals surface area contributed by atoms with Gasteiger partial charge >= 0.3 is 0 Å². The van der Waals surface area contributed by atoms with Crippen molar-refractivity contribution in [1.29, 1.82) is 0 Å². The largest absolute Gasteiger partial charge is 0.286 e. The molecule has 0 aliphatic carbocycles. The number of rotatable bonds is 3. The Morgan fingerprint density at radius 2 is 1.35 bits per heavy atom. The average Bonchev–Trinajstić information content (AvgIpc) is 2.80. The van der Waals surface area contributed by atoms with E-state index in [2.05, 4.69) is 4.72 Å². The van der Waals surface area contributed by atoms with Gasteiger partial charge in [-0.05, 0) is 31.2 Å². The molecule has 0 spiro atoms. The minimum atomic E-state index is -2.53. The number of hydrogen-bond acceptors (Lipinski definition) is 4. The lowest BCUT2D eigenvalue weighted by atomic mass is 10.1. The number of nitrogens with one attached hydrogen (secondary N) is 1. The normalized spacial score (nSPS) is 12.7. The number of thiol groups is 1.